The van der Waals surface area contributed by atoms with Crippen LogP contribution < -0.4 is 10.0 Å². The predicted molar refractivity (Wildman–Crippen MR) is 126 cm³/mol. The van der Waals surface area contributed by atoms with Gasteiger partial charge in [0.05, 0.1) is 23.8 Å². The maximum atomic E-state index is 13.0. The third-order valence-electron chi connectivity index (χ3n) is 5.21. The molecule has 2 aromatic carbocycles. The second-order valence-corrected chi connectivity index (χ2v) is 10.1. The molecule has 1 amide bonds. The Morgan fingerprint density at radius 2 is 1.82 bits per heavy atom. The van der Waals surface area contributed by atoms with Gasteiger partial charge in [-0.3, -0.25) is 9.59 Å². The summed E-state index contributed by atoms with van der Waals surface area (Å²) in [6.07, 6.45) is 2.04. The molecule has 1 heterocycles. The molecule has 2 atom stereocenters. The van der Waals surface area contributed by atoms with Gasteiger partial charge in [-0.05, 0) is 61.2 Å². The number of sulfonamides is 1. The van der Waals surface area contributed by atoms with Crippen LogP contribution in [-0.4, -0.2) is 51.4 Å². The van der Waals surface area contributed by atoms with Gasteiger partial charge in [0.25, 0.3) is 0 Å². The monoisotopic (exact) mass is 510 g/mol. The Kier molecular flexibility index (Phi) is 9.43. The van der Waals surface area contributed by atoms with Crippen LogP contribution in [-0.2, 0) is 35.5 Å². The van der Waals surface area contributed by atoms with Crippen molar-refractivity contribution in [1.29, 1.82) is 0 Å². The molecule has 0 spiro atoms. The SMILES string of the molecule is O=C(O)Cc1ccc(NC(=O)[C@@H](CNS(=O)(=O)c2ccc(Cl)cc2)COC2CCCCO2)cc1. The molecule has 0 saturated carbocycles. The Balaban J connectivity index is 1.66. The highest BCUT2D eigenvalue weighted by Crippen LogP contribution is 2.18. The molecular weight excluding hydrogens is 484 g/mol. The minimum atomic E-state index is -3.87. The van der Waals surface area contributed by atoms with Gasteiger partial charge in [0, 0.05) is 23.9 Å². The van der Waals surface area contributed by atoms with E-state index in [1.807, 2.05) is 0 Å². The second-order valence-electron chi connectivity index (χ2n) is 7.89. The van der Waals surface area contributed by atoms with E-state index in [2.05, 4.69) is 10.0 Å². The van der Waals surface area contributed by atoms with Crippen molar-refractivity contribution in [3.8, 4) is 0 Å². The first-order chi connectivity index (χ1) is 16.2. The van der Waals surface area contributed by atoms with Crippen LogP contribution in [0.4, 0.5) is 5.69 Å². The van der Waals surface area contributed by atoms with Crippen molar-refractivity contribution in [3.63, 3.8) is 0 Å². The summed E-state index contributed by atoms with van der Waals surface area (Å²) in [7, 11) is -3.87. The zero-order valence-electron chi connectivity index (χ0n) is 18.4. The minimum Gasteiger partial charge on any atom is -0.481 e. The highest BCUT2D eigenvalue weighted by atomic mass is 35.5. The summed E-state index contributed by atoms with van der Waals surface area (Å²) in [6.45, 7) is 0.338. The van der Waals surface area contributed by atoms with Crippen LogP contribution in [0.25, 0.3) is 0 Å². The first-order valence-electron chi connectivity index (χ1n) is 10.8. The smallest absolute Gasteiger partial charge is 0.307 e. The van der Waals surface area contributed by atoms with Gasteiger partial charge in [-0.25, -0.2) is 13.1 Å². The lowest BCUT2D eigenvalue weighted by Gasteiger charge is -2.25. The van der Waals surface area contributed by atoms with Crippen molar-refractivity contribution in [2.45, 2.75) is 36.9 Å². The molecule has 1 unspecified atom stereocenters. The molecule has 0 radical (unpaired) electrons. The number of carboxylic acids is 1. The average Bonchev–Trinajstić information content (AvgIpc) is 2.81. The number of rotatable bonds is 11. The summed E-state index contributed by atoms with van der Waals surface area (Å²) in [5.74, 6) is -2.24. The van der Waals surface area contributed by atoms with E-state index < -0.39 is 34.1 Å². The molecule has 1 saturated heterocycles. The lowest BCUT2D eigenvalue weighted by molar-refractivity contribution is -0.170. The molecule has 9 nitrogen and oxygen atoms in total. The van der Waals surface area contributed by atoms with Gasteiger partial charge in [-0.15, -0.1) is 0 Å². The first-order valence-corrected chi connectivity index (χ1v) is 12.7. The number of carbonyl (C=O) groups is 2. The summed E-state index contributed by atoms with van der Waals surface area (Å²) in [5.41, 5.74) is 1.05. The van der Waals surface area contributed by atoms with Gasteiger partial charge < -0.3 is 19.9 Å². The molecule has 1 fully saturated rings. The van der Waals surface area contributed by atoms with E-state index in [0.29, 0.717) is 29.3 Å². The number of hydrogen-bond acceptors (Lipinski definition) is 6. The van der Waals surface area contributed by atoms with Crippen LogP contribution in [0.2, 0.25) is 5.02 Å². The summed E-state index contributed by atoms with van der Waals surface area (Å²) >= 11 is 5.83. The third-order valence-corrected chi connectivity index (χ3v) is 6.90. The van der Waals surface area contributed by atoms with Gasteiger partial charge >= 0.3 is 5.97 Å². The number of nitrogens with one attached hydrogen (secondary N) is 2. The van der Waals surface area contributed by atoms with Crippen molar-refractivity contribution in [2.75, 3.05) is 25.1 Å². The molecule has 184 valence electrons. The van der Waals surface area contributed by atoms with Crippen LogP contribution >= 0.6 is 11.6 Å². The molecule has 2 aromatic rings. The average molecular weight is 511 g/mol. The lowest BCUT2D eigenvalue weighted by atomic mass is 10.1. The first kappa shape index (κ1) is 26.1. The Hall–Kier alpha value is -2.50. The Bertz CT molecular complexity index is 1070. The number of hydrogen-bond donors (Lipinski definition) is 3. The summed E-state index contributed by atoms with van der Waals surface area (Å²) in [6, 6.07) is 12.1. The number of amides is 1. The Labute approximate surface area is 203 Å². The third kappa shape index (κ3) is 8.07. The fourth-order valence-corrected chi connectivity index (χ4v) is 4.53. The molecule has 0 bridgehead atoms. The maximum Gasteiger partial charge on any atom is 0.307 e. The quantitative estimate of drug-likeness (QED) is 0.423. The molecule has 0 aromatic heterocycles. The van der Waals surface area contributed by atoms with Crippen LogP contribution in [0.5, 0.6) is 0 Å². The zero-order chi connectivity index (χ0) is 24.6. The topological polar surface area (TPSA) is 131 Å². The van der Waals surface area contributed by atoms with Crippen molar-refractivity contribution in [1.82, 2.24) is 4.72 Å². The zero-order valence-corrected chi connectivity index (χ0v) is 20.0. The molecule has 1 aliphatic heterocycles. The summed E-state index contributed by atoms with van der Waals surface area (Å²) in [4.78, 5) is 23.8. The maximum absolute atomic E-state index is 13.0. The van der Waals surface area contributed by atoms with Gasteiger partial charge in [-0.1, -0.05) is 23.7 Å². The van der Waals surface area contributed by atoms with Gasteiger partial charge in [-0.2, -0.15) is 0 Å². The Morgan fingerprint density at radius 3 is 2.44 bits per heavy atom. The van der Waals surface area contributed by atoms with Crippen LogP contribution in [0.1, 0.15) is 24.8 Å². The standard InChI is InChI=1S/C23H27ClN2O7S/c24-18-6-10-20(11-7-18)34(30,31)25-14-17(15-33-22-3-1-2-12-32-22)23(29)26-19-8-4-16(5-9-19)13-21(27)28/h4-11,17,22,25H,1-3,12-15H2,(H,26,29)(H,27,28)/t17-,22?/m0/s1. The normalized spacial score (nSPS) is 17.1. The van der Waals surface area contributed by atoms with Crippen LogP contribution in [0.15, 0.2) is 53.4 Å². The largest absolute Gasteiger partial charge is 0.481 e. The number of halogens is 1. The summed E-state index contributed by atoms with van der Waals surface area (Å²) < 4.78 is 39.1. The fraction of sp³-hybridized carbons (Fsp3) is 0.391. The minimum absolute atomic E-state index is 0.0293. The molecular formula is C23H27ClN2O7S. The number of anilines is 1. The molecule has 0 aliphatic carbocycles. The van der Waals surface area contributed by atoms with E-state index in [-0.39, 0.29) is 24.5 Å². The van der Waals surface area contributed by atoms with Crippen LogP contribution in [0.3, 0.4) is 0 Å². The van der Waals surface area contributed by atoms with E-state index in [0.717, 1.165) is 12.8 Å². The number of carbonyl (C=O) groups excluding carboxylic acids is 1. The molecule has 3 N–H and O–H groups in total. The predicted octanol–water partition coefficient (Wildman–Crippen LogP) is 3.04. The van der Waals surface area contributed by atoms with E-state index >= 15 is 0 Å². The van der Waals surface area contributed by atoms with Crippen molar-refractivity contribution in [3.05, 3.63) is 59.1 Å². The number of benzene rings is 2. The molecule has 34 heavy (non-hydrogen) atoms. The van der Waals surface area contributed by atoms with Gasteiger partial charge in [0.15, 0.2) is 6.29 Å². The molecule has 3 rings (SSSR count). The second kappa shape index (κ2) is 12.3. The summed E-state index contributed by atoms with van der Waals surface area (Å²) in [5, 5.41) is 12.0. The van der Waals surface area contributed by atoms with Gasteiger partial charge in [0.2, 0.25) is 15.9 Å². The van der Waals surface area contributed by atoms with Gasteiger partial charge in [0.1, 0.15) is 0 Å². The Morgan fingerprint density at radius 1 is 1.12 bits per heavy atom. The molecule has 11 heteroatoms. The van der Waals surface area contributed by atoms with E-state index in [1.165, 1.54) is 24.3 Å². The highest BCUT2D eigenvalue weighted by Gasteiger charge is 2.25. The number of ether oxygens (including phenoxy) is 2. The fourth-order valence-electron chi connectivity index (χ4n) is 3.33. The van der Waals surface area contributed by atoms with E-state index in [1.54, 1.807) is 24.3 Å². The van der Waals surface area contributed by atoms with Crippen molar-refractivity contribution >= 4 is 39.2 Å². The van der Waals surface area contributed by atoms with Crippen molar-refractivity contribution < 1.29 is 32.6 Å². The molecule has 1 aliphatic rings. The van der Waals surface area contributed by atoms with Crippen molar-refractivity contribution in [2.24, 2.45) is 5.92 Å². The number of aliphatic carboxylic acids is 1. The van der Waals surface area contributed by atoms with E-state index in [4.69, 9.17) is 26.2 Å². The van der Waals surface area contributed by atoms with Crippen LogP contribution in [0, 0.1) is 5.92 Å². The highest BCUT2D eigenvalue weighted by molar-refractivity contribution is 7.89. The van der Waals surface area contributed by atoms with E-state index in [9.17, 15) is 18.0 Å². The lowest BCUT2D eigenvalue weighted by Crippen LogP contribution is -2.39. The number of carboxylic acid groups (broad SMARTS) is 1.